The second-order valence-corrected chi connectivity index (χ2v) is 9.36. The molecular weight excluding hydrogens is 503 g/mol. The van der Waals surface area contributed by atoms with Crippen molar-refractivity contribution < 1.29 is 41.8 Å². The van der Waals surface area contributed by atoms with Crippen LogP contribution in [0.1, 0.15) is 55.6 Å². The van der Waals surface area contributed by atoms with E-state index in [2.05, 4.69) is 5.32 Å². The minimum atomic E-state index is -5.09. The summed E-state index contributed by atoms with van der Waals surface area (Å²) in [6, 6.07) is 11.2. The summed E-state index contributed by atoms with van der Waals surface area (Å²) in [7, 11) is 2.90. The van der Waals surface area contributed by atoms with E-state index < -0.39 is 53.9 Å². The maximum Gasteiger partial charge on any atom is 0.450 e. The van der Waals surface area contributed by atoms with Crippen LogP contribution in [0.25, 0.3) is 0 Å². The molecule has 2 aromatic carbocycles. The van der Waals surface area contributed by atoms with E-state index in [1.807, 2.05) is 0 Å². The van der Waals surface area contributed by atoms with Gasteiger partial charge in [0, 0.05) is 30.2 Å². The molecular formula is C28H32F3NO6. The summed E-state index contributed by atoms with van der Waals surface area (Å²) in [5, 5.41) is 2.57. The van der Waals surface area contributed by atoms with Gasteiger partial charge in [0.25, 0.3) is 0 Å². The number of amides is 1. The van der Waals surface area contributed by atoms with Crippen molar-refractivity contribution in [1.29, 1.82) is 0 Å². The first kappa shape index (κ1) is 30.5. The highest BCUT2D eigenvalue weighted by Crippen LogP contribution is 2.30. The number of hydrogen-bond donors (Lipinski definition) is 1. The Morgan fingerprint density at radius 3 is 2.00 bits per heavy atom. The number of rotatable bonds is 13. The summed E-state index contributed by atoms with van der Waals surface area (Å²) in [6.45, 7) is 4.36. The number of Topliss-reactive ketones (excluding diaryl/α,β-unsaturated/α-hetero) is 3. The fraction of sp³-hybridized carbons (Fsp3) is 0.429. The molecule has 1 N–H and O–H groups in total. The lowest BCUT2D eigenvalue weighted by molar-refractivity contribution is -0.177. The van der Waals surface area contributed by atoms with Crippen LogP contribution in [0.5, 0.6) is 11.5 Å². The van der Waals surface area contributed by atoms with Crippen molar-refractivity contribution in [3.63, 3.8) is 0 Å². The Morgan fingerprint density at radius 2 is 1.47 bits per heavy atom. The number of carbonyl (C=O) groups excluding carboxylic acids is 4. The quantitative estimate of drug-likeness (QED) is 0.357. The predicted molar refractivity (Wildman–Crippen MR) is 134 cm³/mol. The van der Waals surface area contributed by atoms with Gasteiger partial charge in [0.2, 0.25) is 11.7 Å². The summed E-state index contributed by atoms with van der Waals surface area (Å²) in [6.07, 6.45) is -5.99. The molecule has 2 rings (SSSR count). The van der Waals surface area contributed by atoms with Crippen molar-refractivity contribution in [2.45, 2.75) is 45.8 Å². The summed E-state index contributed by atoms with van der Waals surface area (Å²) in [5.41, 5.74) is 0.648. The number of ether oxygens (including phenoxy) is 2. The largest absolute Gasteiger partial charge is 0.497 e. The first-order valence-electron chi connectivity index (χ1n) is 12.0. The zero-order valence-corrected chi connectivity index (χ0v) is 21.9. The molecule has 7 nitrogen and oxygen atoms in total. The van der Waals surface area contributed by atoms with Gasteiger partial charge in [0.1, 0.15) is 17.5 Å². The maximum atomic E-state index is 13.3. The van der Waals surface area contributed by atoms with Gasteiger partial charge in [-0.25, -0.2) is 0 Å². The maximum absolute atomic E-state index is 13.3. The number of alkyl halides is 3. The van der Waals surface area contributed by atoms with Crippen LogP contribution < -0.4 is 14.8 Å². The second kappa shape index (κ2) is 13.2. The molecule has 1 amide bonds. The van der Waals surface area contributed by atoms with Crippen molar-refractivity contribution >= 4 is 23.3 Å². The van der Waals surface area contributed by atoms with Crippen molar-refractivity contribution in [2.24, 2.45) is 17.8 Å². The zero-order chi connectivity index (χ0) is 28.6. The van der Waals surface area contributed by atoms with Gasteiger partial charge in [-0.3, -0.25) is 19.2 Å². The number of nitrogens with one attached hydrogen (secondary N) is 1. The molecule has 0 unspecified atom stereocenters. The monoisotopic (exact) mass is 535 g/mol. The van der Waals surface area contributed by atoms with Crippen LogP contribution in [-0.4, -0.2) is 43.7 Å². The first-order valence-corrected chi connectivity index (χ1v) is 12.0. The molecule has 0 heterocycles. The molecule has 0 aliphatic heterocycles. The average molecular weight is 536 g/mol. The number of methoxy groups -OCH3 is 2. The van der Waals surface area contributed by atoms with Crippen LogP contribution in [-0.2, 0) is 14.4 Å². The molecule has 3 atom stereocenters. The van der Waals surface area contributed by atoms with Crippen LogP contribution in [0, 0.1) is 17.8 Å². The minimum Gasteiger partial charge on any atom is -0.497 e. The van der Waals surface area contributed by atoms with Gasteiger partial charge < -0.3 is 14.8 Å². The fourth-order valence-corrected chi connectivity index (χ4v) is 3.89. The lowest BCUT2D eigenvalue weighted by atomic mass is 9.84. The molecule has 0 bridgehead atoms. The molecule has 2 aromatic rings. The Kier molecular flexibility index (Phi) is 10.6. The molecule has 0 fully saturated rings. The lowest BCUT2D eigenvalue weighted by Gasteiger charge is -2.25. The Bertz CT molecular complexity index is 1140. The predicted octanol–water partition coefficient (Wildman–Crippen LogP) is 5.13. The molecule has 0 saturated carbocycles. The van der Waals surface area contributed by atoms with E-state index in [9.17, 15) is 32.3 Å². The van der Waals surface area contributed by atoms with Crippen molar-refractivity contribution in [2.75, 3.05) is 14.2 Å². The normalized spacial score (nSPS) is 13.8. The summed E-state index contributed by atoms with van der Waals surface area (Å²) in [4.78, 5) is 51.0. The number of halogens is 3. The third-order valence-corrected chi connectivity index (χ3v) is 6.23. The Morgan fingerprint density at radius 1 is 0.868 bits per heavy atom. The fourth-order valence-electron chi connectivity index (χ4n) is 3.89. The van der Waals surface area contributed by atoms with Gasteiger partial charge in [-0.05, 0) is 35.7 Å². The van der Waals surface area contributed by atoms with E-state index in [-0.39, 0.29) is 12.2 Å². The van der Waals surface area contributed by atoms with E-state index in [1.54, 1.807) is 24.3 Å². The highest BCUT2D eigenvalue weighted by Gasteiger charge is 2.45. The third-order valence-electron chi connectivity index (χ3n) is 6.23. The highest BCUT2D eigenvalue weighted by atomic mass is 19.4. The molecule has 10 heteroatoms. The van der Waals surface area contributed by atoms with Gasteiger partial charge in [-0.2, -0.15) is 13.2 Å². The Hall–Kier alpha value is -3.69. The summed E-state index contributed by atoms with van der Waals surface area (Å²) < 4.78 is 49.7. The van der Waals surface area contributed by atoms with Gasteiger partial charge in [-0.15, -0.1) is 0 Å². The molecule has 0 aliphatic rings. The molecule has 38 heavy (non-hydrogen) atoms. The highest BCUT2D eigenvalue weighted by molar-refractivity contribution is 6.00. The number of benzene rings is 2. The standard InChI is InChI=1S/C28H32F3NO6/c1-16(2)22(26(35)28(29,30)31)15-24(34)25(18-9-11-20(37-4)12-10-18)32-27(36)17(3)13-23(33)19-7-6-8-21(14-19)38-5/h6-12,14,16-17,22,25H,13,15H2,1-5H3,(H,32,36)/t17-,22+,25+/m1/s1. The van der Waals surface area contributed by atoms with Crippen LogP contribution in [0.3, 0.4) is 0 Å². The first-order chi connectivity index (χ1) is 17.8. The van der Waals surface area contributed by atoms with Crippen molar-refractivity contribution in [1.82, 2.24) is 5.32 Å². The smallest absolute Gasteiger partial charge is 0.450 e. The molecule has 206 valence electrons. The van der Waals surface area contributed by atoms with E-state index in [1.165, 1.54) is 59.3 Å². The summed E-state index contributed by atoms with van der Waals surface area (Å²) >= 11 is 0. The second-order valence-electron chi connectivity index (χ2n) is 9.36. The van der Waals surface area contributed by atoms with E-state index in [0.29, 0.717) is 22.6 Å². The average Bonchev–Trinajstić information content (AvgIpc) is 2.88. The van der Waals surface area contributed by atoms with E-state index >= 15 is 0 Å². The van der Waals surface area contributed by atoms with Crippen LogP contribution in [0.4, 0.5) is 13.2 Å². The topological polar surface area (TPSA) is 98.8 Å². The molecule has 0 aliphatic carbocycles. The molecule has 0 spiro atoms. The summed E-state index contributed by atoms with van der Waals surface area (Å²) in [5.74, 6) is -5.99. The molecule has 0 aromatic heterocycles. The van der Waals surface area contributed by atoms with Crippen molar-refractivity contribution in [3.05, 3.63) is 59.7 Å². The van der Waals surface area contributed by atoms with Gasteiger partial charge in [-0.1, -0.05) is 45.0 Å². The third kappa shape index (κ3) is 8.16. The van der Waals surface area contributed by atoms with Gasteiger partial charge in [0.15, 0.2) is 11.6 Å². The van der Waals surface area contributed by atoms with E-state index in [4.69, 9.17) is 9.47 Å². The van der Waals surface area contributed by atoms with Crippen molar-refractivity contribution in [3.8, 4) is 11.5 Å². The number of hydrogen-bond acceptors (Lipinski definition) is 6. The zero-order valence-electron chi connectivity index (χ0n) is 21.9. The number of carbonyl (C=O) groups is 4. The number of ketones is 3. The van der Waals surface area contributed by atoms with Gasteiger partial charge in [0.05, 0.1) is 14.2 Å². The SMILES string of the molecule is COc1ccc([C@H](NC(=O)[C@H](C)CC(=O)c2cccc(OC)c2)C(=O)C[C@H](C(=O)C(F)(F)F)C(C)C)cc1. The van der Waals surface area contributed by atoms with Crippen LogP contribution in [0.2, 0.25) is 0 Å². The lowest BCUT2D eigenvalue weighted by Crippen LogP contribution is -2.40. The van der Waals surface area contributed by atoms with Crippen LogP contribution >= 0.6 is 0 Å². The van der Waals surface area contributed by atoms with E-state index in [0.717, 1.165) is 0 Å². The van der Waals surface area contributed by atoms with Gasteiger partial charge >= 0.3 is 6.18 Å². The molecule has 0 radical (unpaired) electrons. The Balaban J connectivity index is 2.27. The molecule has 0 saturated heterocycles. The Labute approximate surface area is 219 Å². The van der Waals surface area contributed by atoms with Crippen LogP contribution in [0.15, 0.2) is 48.5 Å². The minimum absolute atomic E-state index is 0.177.